The highest BCUT2D eigenvalue weighted by Crippen LogP contribution is 2.09. The van der Waals surface area contributed by atoms with Gasteiger partial charge in [0.1, 0.15) is 0 Å². The lowest BCUT2D eigenvalue weighted by Crippen LogP contribution is -2.49. The van der Waals surface area contributed by atoms with Gasteiger partial charge in [-0.25, -0.2) is 0 Å². The second-order valence-electron chi connectivity index (χ2n) is 6.07. The molecule has 4 nitrogen and oxygen atoms in total. The predicted molar refractivity (Wildman–Crippen MR) is 101 cm³/mol. The smallest absolute Gasteiger partial charge is 0.237 e. The molecule has 1 saturated heterocycles. The molecule has 2 atom stereocenters. The van der Waals surface area contributed by atoms with Crippen molar-refractivity contribution in [3.63, 3.8) is 0 Å². The van der Waals surface area contributed by atoms with E-state index >= 15 is 0 Å². The Morgan fingerprint density at radius 2 is 1.78 bits per heavy atom. The van der Waals surface area contributed by atoms with Crippen LogP contribution in [0.4, 0.5) is 0 Å². The first-order chi connectivity index (χ1) is 10.1. The van der Waals surface area contributed by atoms with Crippen LogP contribution in [0.25, 0.3) is 0 Å². The first kappa shape index (κ1) is 22.2. The number of rotatable bonds is 6. The van der Waals surface area contributed by atoms with Gasteiger partial charge in [0.05, 0.1) is 6.04 Å². The fourth-order valence-electron chi connectivity index (χ4n) is 2.89. The Morgan fingerprint density at radius 3 is 2.39 bits per heavy atom. The standard InChI is InChI=1S/C17H27N3O.2ClH/c1-14(13-20-10-6-3-7-11-20)19-17(21)16(18)12-15-8-4-2-5-9-15;;/h2,4-5,8-9,14,16H,3,6-7,10-13,18H2,1H3,(H,19,21);2*1H/t14?,16-;;/m0../s1. The van der Waals surface area contributed by atoms with Crippen molar-refractivity contribution in [1.29, 1.82) is 0 Å². The lowest BCUT2D eigenvalue weighted by molar-refractivity contribution is -0.123. The van der Waals surface area contributed by atoms with Crippen molar-refractivity contribution in [1.82, 2.24) is 10.2 Å². The highest BCUT2D eigenvalue weighted by atomic mass is 35.5. The van der Waals surface area contributed by atoms with Crippen LogP contribution in [-0.2, 0) is 11.2 Å². The first-order valence-electron chi connectivity index (χ1n) is 7.97. The van der Waals surface area contributed by atoms with E-state index in [-0.39, 0.29) is 36.8 Å². The fraction of sp³-hybridized carbons (Fsp3) is 0.588. The first-order valence-corrected chi connectivity index (χ1v) is 7.97. The van der Waals surface area contributed by atoms with Crippen LogP contribution >= 0.6 is 24.8 Å². The van der Waals surface area contributed by atoms with E-state index in [1.807, 2.05) is 30.3 Å². The number of nitrogens with two attached hydrogens (primary N) is 1. The molecule has 132 valence electrons. The van der Waals surface area contributed by atoms with Crippen molar-refractivity contribution in [2.45, 2.75) is 44.7 Å². The molecule has 3 N–H and O–H groups in total. The molecule has 1 aromatic carbocycles. The molecule has 0 radical (unpaired) electrons. The molecular weight excluding hydrogens is 333 g/mol. The molecule has 0 aliphatic carbocycles. The summed E-state index contributed by atoms with van der Waals surface area (Å²) in [6.45, 7) is 5.28. The van der Waals surface area contributed by atoms with Crippen molar-refractivity contribution in [2.75, 3.05) is 19.6 Å². The van der Waals surface area contributed by atoms with Crippen LogP contribution < -0.4 is 11.1 Å². The normalized spacial score (nSPS) is 17.3. The third-order valence-electron chi connectivity index (χ3n) is 4.00. The maximum absolute atomic E-state index is 12.1. The molecule has 6 heteroatoms. The number of nitrogens with zero attached hydrogens (tertiary/aromatic N) is 1. The number of halogens is 2. The van der Waals surface area contributed by atoms with Crippen LogP contribution in [0.1, 0.15) is 31.7 Å². The van der Waals surface area contributed by atoms with E-state index in [2.05, 4.69) is 17.1 Å². The molecule has 0 saturated carbocycles. The lowest BCUT2D eigenvalue weighted by atomic mass is 10.1. The third-order valence-corrected chi connectivity index (χ3v) is 4.00. The largest absolute Gasteiger partial charge is 0.351 e. The summed E-state index contributed by atoms with van der Waals surface area (Å²) in [5, 5.41) is 3.04. The van der Waals surface area contributed by atoms with Crippen LogP contribution in [-0.4, -0.2) is 42.5 Å². The summed E-state index contributed by atoms with van der Waals surface area (Å²) in [4.78, 5) is 14.6. The second kappa shape index (κ2) is 11.7. The highest BCUT2D eigenvalue weighted by molar-refractivity contribution is 5.85. The Bertz CT molecular complexity index is 439. The number of piperidine rings is 1. The van der Waals surface area contributed by atoms with Gasteiger partial charge in [-0.2, -0.15) is 0 Å². The zero-order chi connectivity index (χ0) is 15.1. The van der Waals surface area contributed by atoms with Gasteiger partial charge in [0, 0.05) is 12.6 Å². The van der Waals surface area contributed by atoms with Gasteiger partial charge in [-0.1, -0.05) is 36.8 Å². The van der Waals surface area contributed by atoms with Crippen molar-refractivity contribution in [3.8, 4) is 0 Å². The summed E-state index contributed by atoms with van der Waals surface area (Å²) in [6, 6.07) is 9.59. The minimum atomic E-state index is -0.476. The molecule has 0 bridgehead atoms. The molecule has 1 heterocycles. The monoisotopic (exact) mass is 361 g/mol. The van der Waals surface area contributed by atoms with E-state index in [0.29, 0.717) is 6.42 Å². The van der Waals surface area contributed by atoms with Crippen LogP contribution in [0.2, 0.25) is 0 Å². The topological polar surface area (TPSA) is 58.4 Å². The predicted octanol–water partition coefficient (Wildman–Crippen LogP) is 2.39. The van der Waals surface area contributed by atoms with Gasteiger partial charge in [0.25, 0.3) is 0 Å². The Balaban J connectivity index is 0.00000242. The second-order valence-corrected chi connectivity index (χ2v) is 6.07. The zero-order valence-corrected chi connectivity index (χ0v) is 15.4. The van der Waals surface area contributed by atoms with Gasteiger partial charge in [-0.05, 0) is 44.8 Å². The molecule has 1 amide bonds. The molecule has 1 aliphatic rings. The van der Waals surface area contributed by atoms with Crippen molar-refractivity contribution < 1.29 is 4.79 Å². The number of amides is 1. The molecule has 1 fully saturated rings. The molecule has 0 spiro atoms. The minimum Gasteiger partial charge on any atom is -0.351 e. The Labute approximate surface area is 152 Å². The van der Waals surface area contributed by atoms with E-state index in [0.717, 1.165) is 25.2 Å². The van der Waals surface area contributed by atoms with Crippen LogP contribution in [0.3, 0.4) is 0 Å². The Kier molecular flexibility index (Phi) is 11.3. The molecule has 23 heavy (non-hydrogen) atoms. The summed E-state index contributed by atoms with van der Waals surface area (Å²) in [7, 11) is 0. The maximum Gasteiger partial charge on any atom is 0.237 e. The van der Waals surface area contributed by atoms with Gasteiger partial charge >= 0.3 is 0 Å². The maximum atomic E-state index is 12.1. The fourth-order valence-corrected chi connectivity index (χ4v) is 2.89. The van der Waals surface area contributed by atoms with E-state index in [9.17, 15) is 4.79 Å². The number of nitrogens with one attached hydrogen (secondary N) is 1. The number of carbonyl (C=O) groups is 1. The minimum absolute atomic E-state index is 0. The van der Waals surface area contributed by atoms with E-state index in [4.69, 9.17) is 5.73 Å². The van der Waals surface area contributed by atoms with Gasteiger partial charge in [0.15, 0.2) is 0 Å². The van der Waals surface area contributed by atoms with E-state index in [1.165, 1.54) is 19.3 Å². The van der Waals surface area contributed by atoms with Crippen LogP contribution in [0.5, 0.6) is 0 Å². The lowest BCUT2D eigenvalue weighted by Gasteiger charge is -2.29. The van der Waals surface area contributed by atoms with Gasteiger partial charge < -0.3 is 16.0 Å². The van der Waals surface area contributed by atoms with Gasteiger partial charge in [-0.3, -0.25) is 4.79 Å². The number of hydrogen-bond acceptors (Lipinski definition) is 3. The summed E-state index contributed by atoms with van der Waals surface area (Å²) in [5.74, 6) is -0.0524. The zero-order valence-electron chi connectivity index (χ0n) is 13.7. The molecular formula is C17H29Cl2N3O. The summed E-state index contributed by atoms with van der Waals surface area (Å²) < 4.78 is 0. The van der Waals surface area contributed by atoms with E-state index in [1.54, 1.807) is 0 Å². The van der Waals surface area contributed by atoms with Crippen molar-refractivity contribution >= 4 is 30.7 Å². The highest BCUT2D eigenvalue weighted by Gasteiger charge is 2.18. The molecule has 1 unspecified atom stereocenters. The van der Waals surface area contributed by atoms with Crippen molar-refractivity contribution in [2.24, 2.45) is 5.73 Å². The third kappa shape index (κ3) is 8.02. The summed E-state index contributed by atoms with van der Waals surface area (Å²) >= 11 is 0. The number of carbonyl (C=O) groups excluding carboxylic acids is 1. The van der Waals surface area contributed by atoms with Gasteiger partial charge in [0.2, 0.25) is 5.91 Å². The SMILES string of the molecule is CC(CN1CCCCC1)NC(=O)[C@@H](N)Cc1ccccc1.Cl.Cl. The van der Waals surface area contributed by atoms with Crippen molar-refractivity contribution in [3.05, 3.63) is 35.9 Å². The van der Waals surface area contributed by atoms with Gasteiger partial charge in [-0.15, -0.1) is 24.8 Å². The number of likely N-dealkylation sites (tertiary alicyclic amines) is 1. The molecule has 1 aliphatic heterocycles. The Morgan fingerprint density at radius 1 is 1.17 bits per heavy atom. The average Bonchev–Trinajstić information content (AvgIpc) is 2.49. The molecule has 0 aromatic heterocycles. The quantitative estimate of drug-likeness (QED) is 0.817. The molecule has 2 rings (SSSR count). The molecule has 1 aromatic rings. The van der Waals surface area contributed by atoms with Crippen LogP contribution in [0, 0.1) is 0 Å². The summed E-state index contributed by atoms with van der Waals surface area (Å²) in [5.41, 5.74) is 7.11. The number of benzene rings is 1. The van der Waals surface area contributed by atoms with Crippen LogP contribution in [0.15, 0.2) is 30.3 Å². The number of hydrogen-bond donors (Lipinski definition) is 2. The average molecular weight is 362 g/mol. The summed E-state index contributed by atoms with van der Waals surface area (Å²) in [6.07, 6.45) is 4.46. The Hall–Kier alpha value is -0.810. The van der Waals surface area contributed by atoms with E-state index < -0.39 is 6.04 Å².